The van der Waals surface area contributed by atoms with Gasteiger partial charge in [-0.2, -0.15) is 0 Å². The van der Waals surface area contributed by atoms with E-state index < -0.39 is 0 Å². The highest BCUT2D eigenvalue weighted by Gasteiger charge is 2.21. The minimum atomic E-state index is 0. The highest BCUT2D eigenvalue weighted by molar-refractivity contribution is 5.85. The maximum Gasteiger partial charge on any atom is 0.0205 e. The summed E-state index contributed by atoms with van der Waals surface area (Å²) in [4.78, 5) is 0. The molecule has 2 aromatic carbocycles. The topological polar surface area (TPSA) is 24.1 Å². The molecule has 1 aliphatic carbocycles. The summed E-state index contributed by atoms with van der Waals surface area (Å²) in [5, 5.41) is 7.42. The number of benzene rings is 2. The van der Waals surface area contributed by atoms with Crippen molar-refractivity contribution in [1.29, 1.82) is 0 Å². The Morgan fingerprint density at radius 1 is 0.667 bits per heavy atom. The normalized spacial score (nSPS) is 18.4. The van der Waals surface area contributed by atoms with Gasteiger partial charge < -0.3 is 10.6 Å². The van der Waals surface area contributed by atoms with Crippen LogP contribution in [0.3, 0.4) is 0 Å². The summed E-state index contributed by atoms with van der Waals surface area (Å²) in [6.07, 6.45) is 5.51. The van der Waals surface area contributed by atoms with Gasteiger partial charge in [-0.15, -0.1) is 24.8 Å². The van der Waals surface area contributed by atoms with Crippen molar-refractivity contribution in [3.63, 3.8) is 0 Å². The molecule has 2 unspecified atom stereocenters. The second-order valence-corrected chi connectivity index (χ2v) is 9.00. The van der Waals surface area contributed by atoms with Crippen molar-refractivity contribution in [2.75, 3.05) is 13.1 Å². The first-order valence-corrected chi connectivity index (χ1v) is 11.0. The second kappa shape index (κ2) is 13.4. The van der Waals surface area contributed by atoms with Gasteiger partial charge in [0.15, 0.2) is 0 Å². The van der Waals surface area contributed by atoms with E-state index in [1.54, 1.807) is 0 Å². The lowest BCUT2D eigenvalue weighted by molar-refractivity contribution is 0.252. The molecule has 0 radical (unpaired) electrons. The fourth-order valence-corrected chi connectivity index (χ4v) is 4.44. The molecule has 2 nitrogen and oxygen atoms in total. The number of hydrogen-bond donors (Lipinski definition) is 2. The second-order valence-electron chi connectivity index (χ2n) is 9.00. The van der Waals surface area contributed by atoms with Crippen LogP contribution in [0.1, 0.15) is 59.1 Å². The molecule has 2 N–H and O–H groups in total. The SMILES string of the molecule is Cc1ccc(CNCC2CCCC(CNCc3ccc(C)c(C)c3)C2)cc1C.Cl.Cl. The van der Waals surface area contributed by atoms with Crippen molar-refractivity contribution in [2.45, 2.75) is 66.5 Å². The Kier molecular flexibility index (Phi) is 12.0. The predicted molar refractivity (Wildman–Crippen MR) is 135 cm³/mol. The third-order valence-corrected chi connectivity index (χ3v) is 6.56. The number of halogens is 2. The number of hydrogen-bond acceptors (Lipinski definition) is 2. The lowest BCUT2D eigenvalue weighted by atomic mass is 9.81. The van der Waals surface area contributed by atoms with Gasteiger partial charge in [-0.3, -0.25) is 0 Å². The molecule has 30 heavy (non-hydrogen) atoms. The smallest absolute Gasteiger partial charge is 0.0205 e. The molecular weight excluding hydrogens is 411 g/mol. The predicted octanol–water partition coefficient (Wildman–Crippen LogP) is 6.45. The van der Waals surface area contributed by atoms with Crippen molar-refractivity contribution in [3.8, 4) is 0 Å². The summed E-state index contributed by atoms with van der Waals surface area (Å²) >= 11 is 0. The summed E-state index contributed by atoms with van der Waals surface area (Å²) in [5.74, 6) is 1.66. The first-order chi connectivity index (χ1) is 13.5. The first-order valence-electron chi connectivity index (χ1n) is 11.0. The maximum atomic E-state index is 3.71. The zero-order valence-electron chi connectivity index (χ0n) is 19.1. The molecule has 168 valence electrons. The zero-order valence-corrected chi connectivity index (χ0v) is 20.7. The van der Waals surface area contributed by atoms with Crippen LogP contribution in [0, 0.1) is 39.5 Å². The van der Waals surface area contributed by atoms with E-state index in [1.165, 1.54) is 59.1 Å². The van der Waals surface area contributed by atoms with Crippen LogP contribution in [-0.2, 0) is 13.1 Å². The van der Waals surface area contributed by atoms with Gasteiger partial charge in [-0.05, 0) is 105 Å². The average Bonchev–Trinajstić information content (AvgIpc) is 2.68. The van der Waals surface area contributed by atoms with Crippen LogP contribution >= 0.6 is 24.8 Å². The molecule has 1 fully saturated rings. The molecule has 0 aliphatic heterocycles. The van der Waals surface area contributed by atoms with E-state index in [-0.39, 0.29) is 24.8 Å². The van der Waals surface area contributed by atoms with Crippen molar-refractivity contribution >= 4 is 24.8 Å². The Morgan fingerprint density at radius 2 is 1.10 bits per heavy atom. The molecule has 0 saturated heterocycles. The molecule has 0 heterocycles. The number of rotatable bonds is 8. The Morgan fingerprint density at radius 3 is 1.50 bits per heavy atom. The Bertz CT molecular complexity index is 712. The standard InChI is InChI=1S/C26H38N2.2ClH/c1-19-8-10-25(12-21(19)3)17-27-15-23-6-5-7-24(14-23)16-28-18-26-11-9-20(2)22(4)13-26;;/h8-13,23-24,27-28H,5-7,14-18H2,1-4H3;2*1H. The molecule has 2 atom stereocenters. The van der Waals surface area contributed by atoms with Gasteiger partial charge >= 0.3 is 0 Å². The molecule has 1 saturated carbocycles. The average molecular weight is 452 g/mol. The third kappa shape index (κ3) is 8.23. The minimum absolute atomic E-state index is 0. The Labute approximate surface area is 196 Å². The fourth-order valence-electron chi connectivity index (χ4n) is 4.44. The van der Waals surface area contributed by atoms with E-state index in [9.17, 15) is 0 Å². The molecule has 2 aromatic rings. The number of nitrogens with one attached hydrogen (secondary N) is 2. The van der Waals surface area contributed by atoms with E-state index in [2.05, 4.69) is 74.7 Å². The Hall–Kier alpha value is -1.06. The molecule has 0 bridgehead atoms. The largest absolute Gasteiger partial charge is 0.312 e. The monoisotopic (exact) mass is 450 g/mol. The van der Waals surface area contributed by atoms with Crippen LogP contribution in [0.15, 0.2) is 36.4 Å². The lowest BCUT2D eigenvalue weighted by Crippen LogP contribution is -2.31. The molecule has 0 aromatic heterocycles. The van der Waals surface area contributed by atoms with Gasteiger partial charge in [0.1, 0.15) is 0 Å². The molecule has 3 rings (SSSR count). The van der Waals surface area contributed by atoms with Gasteiger partial charge in [0.05, 0.1) is 0 Å². The molecule has 0 spiro atoms. The van der Waals surface area contributed by atoms with Gasteiger partial charge in [-0.1, -0.05) is 42.8 Å². The summed E-state index contributed by atoms with van der Waals surface area (Å²) < 4.78 is 0. The van der Waals surface area contributed by atoms with E-state index in [0.29, 0.717) is 0 Å². The quantitative estimate of drug-likeness (QED) is 0.482. The van der Waals surface area contributed by atoms with Gasteiger partial charge in [-0.25, -0.2) is 0 Å². The fraction of sp³-hybridized carbons (Fsp3) is 0.538. The molecule has 1 aliphatic rings. The molecule has 0 amide bonds. The van der Waals surface area contributed by atoms with Crippen LogP contribution in [0.4, 0.5) is 0 Å². The summed E-state index contributed by atoms with van der Waals surface area (Å²) in [6.45, 7) is 13.1. The lowest BCUT2D eigenvalue weighted by Gasteiger charge is -2.29. The van der Waals surface area contributed by atoms with E-state index in [4.69, 9.17) is 0 Å². The van der Waals surface area contributed by atoms with Crippen LogP contribution in [0.25, 0.3) is 0 Å². The highest BCUT2D eigenvalue weighted by Crippen LogP contribution is 2.28. The van der Waals surface area contributed by atoms with Crippen molar-refractivity contribution in [2.24, 2.45) is 11.8 Å². The van der Waals surface area contributed by atoms with Crippen LogP contribution in [-0.4, -0.2) is 13.1 Å². The maximum absolute atomic E-state index is 3.71. The zero-order chi connectivity index (χ0) is 19.9. The first kappa shape index (κ1) is 27.0. The van der Waals surface area contributed by atoms with Crippen molar-refractivity contribution in [1.82, 2.24) is 10.6 Å². The summed E-state index contributed by atoms with van der Waals surface area (Å²) in [7, 11) is 0. The van der Waals surface area contributed by atoms with Gasteiger partial charge in [0, 0.05) is 13.1 Å². The van der Waals surface area contributed by atoms with Gasteiger partial charge in [0.2, 0.25) is 0 Å². The third-order valence-electron chi connectivity index (χ3n) is 6.56. The van der Waals surface area contributed by atoms with Crippen LogP contribution in [0.2, 0.25) is 0 Å². The van der Waals surface area contributed by atoms with E-state index in [1.807, 2.05) is 0 Å². The Balaban J connectivity index is 0.00000225. The molecular formula is C26H40Cl2N2. The summed E-state index contributed by atoms with van der Waals surface area (Å²) in [6, 6.07) is 13.6. The number of aryl methyl sites for hydroxylation is 4. The molecule has 4 heteroatoms. The highest BCUT2D eigenvalue weighted by atomic mass is 35.5. The van der Waals surface area contributed by atoms with Crippen LogP contribution in [0.5, 0.6) is 0 Å². The van der Waals surface area contributed by atoms with Crippen molar-refractivity contribution < 1.29 is 0 Å². The van der Waals surface area contributed by atoms with E-state index in [0.717, 1.165) is 38.0 Å². The van der Waals surface area contributed by atoms with Crippen LogP contribution < -0.4 is 10.6 Å². The van der Waals surface area contributed by atoms with Gasteiger partial charge in [0.25, 0.3) is 0 Å². The van der Waals surface area contributed by atoms with Crippen molar-refractivity contribution in [3.05, 3.63) is 69.8 Å². The van der Waals surface area contributed by atoms with E-state index >= 15 is 0 Å². The summed E-state index contributed by atoms with van der Waals surface area (Å²) in [5.41, 5.74) is 8.37. The minimum Gasteiger partial charge on any atom is -0.312 e.